The van der Waals surface area contributed by atoms with E-state index in [1.54, 1.807) is 20.3 Å². The number of benzene rings is 1. The molecule has 0 aliphatic carbocycles. The Morgan fingerprint density at radius 1 is 0.929 bits per heavy atom. The van der Waals surface area contributed by atoms with Gasteiger partial charge >= 0.3 is 0 Å². The molecule has 0 bridgehead atoms. The normalized spacial score (nSPS) is 11.4. The molecule has 0 atom stereocenters. The Morgan fingerprint density at radius 3 is 2.18 bits per heavy atom. The second-order valence-corrected chi connectivity index (χ2v) is 7.41. The average molecular weight is 386 g/mol. The summed E-state index contributed by atoms with van der Waals surface area (Å²) in [6, 6.07) is 3.57. The minimum Gasteiger partial charge on any atom is -0.493 e. The zero-order valence-electron chi connectivity index (χ0n) is 17.9. The Labute approximate surface area is 169 Å². The van der Waals surface area contributed by atoms with Gasteiger partial charge < -0.3 is 14.5 Å². The van der Waals surface area contributed by atoms with Gasteiger partial charge in [-0.05, 0) is 25.8 Å². The molecule has 0 radical (unpaired) electrons. The van der Waals surface area contributed by atoms with Crippen LogP contribution in [-0.4, -0.2) is 19.2 Å². The van der Waals surface area contributed by atoms with Gasteiger partial charge in [-0.2, -0.15) is 0 Å². The van der Waals surface area contributed by atoms with Crippen LogP contribution in [0.4, 0.5) is 0 Å². The highest BCUT2D eigenvalue weighted by molar-refractivity contribution is 5.85. The lowest BCUT2D eigenvalue weighted by Gasteiger charge is -2.10. The minimum atomic E-state index is 0.0272. The fraction of sp³-hybridized carbons (Fsp3) is 0.542. The summed E-state index contributed by atoms with van der Waals surface area (Å²) in [5, 5.41) is 0.620. The summed E-state index contributed by atoms with van der Waals surface area (Å²) in [4.78, 5) is 16.3. The quantitative estimate of drug-likeness (QED) is 0.430. The van der Waals surface area contributed by atoms with Gasteiger partial charge in [-0.1, -0.05) is 64.0 Å². The maximum atomic E-state index is 12.9. The first-order chi connectivity index (χ1) is 13.6. The number of hydrogen-bond donors (Lipinski definition) is 1. The summed E-state index contributed by atoms with van der Waals surface area (Å²) in [5.41, 5.74) is 2.39. The number of allylic oxidation sites excluding steroid dienone is 1. The molecular formula is C24H35NO3. The van der Waals surface area contributed by atoms with E-state index in [1.807, 2.05) is 19.1 Å². The van der Waals surface area contributed by atoms with E-state index < -0.39 is 0 Å². The van der Waals surface area contributed by atoms with Gasteiger partial charge in [0.1, 0.15) is 0 Å². The number of rotatable bonds is 12. The van der Waals surface area contributed by atoms with Crippen LogP contribution in [0.25, 0.3) is 17.0 Å². The van der Waals surface area contributed by atoms with Crippen LogP contribution in [0.3, 0.4) is 0 Å². The Bertz CT molecular complexity index is 836. The van der Waals surface area contributed by atoms with E-state index in [0.717, 1.165) is 23.2 Å². The van der Waals surface area contributed by atoms with Crippen LogP contribution in [-0.2, 0) is 0 Å². The maximum Gasteiger partial charge on any atom is 0.196 e. The Morgan fingerprint density at radius 2 is 1.54 bits per heavy atom. The van der Waals surface area contributed by atoms with E-state index in [1.165, 1.54) is 51.4 Å². The first-order valence-corrected chi connectivity index (χ1v) is 10.6. The van der Waals surface area contributed by atoms with Crippen molar-refractivity contribution in [2.45, 2.75) is 71.6 Å². The first-order valence-electron chi connectivity index (χ1n) is 10.6. The monoisotopic (exact) mass is 385 g/mol. The van der Waals surface area contributed by atoms with Gasteiger partial charge in [0, 0.05) is 17.3 Å². The summed E-state index contributed by atoms with van der Waals surface area (Å²) < 4.78 is 10.7. The molecule has 0 saturated heterocycles. The predicted octanol–water partition coefficient (Wildman–Crippen LogP) is 6.40. The van der Waals surface area contributed by atoms with Crippen LogP contribution in [0.15, 0.2) is 23.0 Å². The molecule has 2 aromatic rings. The van der Waals surface area contributed by atoms with Gasteiger partial charge in [-0.25, -0.2) is 0 Å². The summed E-state index contributed by atoms with van der Waals surface area (Å²) in [7, 11) is 3.17. The van der Waals surface area contributed by atoms with Crippen molar-refractivity contribution in [2.24, 2.45) is 0 Å². The lowest BCUT2D eigenvalue weighted by atomic mass is 10.1. The van der Waals surface area contributed by atoms with Crippen molar-refractivity contribution in [3.8, 4) is 11.5 Å². The molecule has 4 heteroatoms. The Kier molecular flexibility index (Phi) is 9.12. The second-order valence-electron chi connectivity index (χ2n) is 7.41. The molecule has 0 fully saturated rings. The van der Waals surface area contributed by atoms with Gasteiger partial charge in [-0.3, -0.25) is 4.79 Å². The molecule has 154 valence electrons. The van der Waals surface area contributed by atoms with Crippen LogP contribution in [0, 0.1) is 6.92 Å². The predicted molar refractivity (Wildman–Crippen MR) is 119 cm³/mol. The molecule has 0 spiro atoms. The van der Waals surface area contributed by atoms with Gasteiger partial charge in [0.05, 0.1) is 25.1 Å². The van der Waals surface area contributed by atoms with Crippen LogP contribution in [0.5, 0.6) is 11.5 Å². The molecule has 1 N–H and O–H groups in total. The molecule has 0 unspecified atom stereocenters. The largest absolute Gasteiger partial charge is 0.493 e. The molecular weight excluding hydrogens is 350 g/mol. The number of hydrogen-bond acceptors (Lipinski definition) is 3. The second kappa shape index (κ2) is 11.6. The number of unbranched alkanes of at least 4 members (excludes halogenated alkanes) is 8. The molecule has 0 aliphatic rings. The zero-order valence-corrected chi connectivity index (χ0v) is 17.9. The van der Waals surface area contributed by atoms with Crippen LogP contribution in [0.1, 0.15) is 76.0 Å². The first kappa shape index (κ1) is 22.1. The highest BCUT2D eigenvalue weighted by atomic mass is 16.5. The highest BCUT2D eigenvalue weighted by Crippen LogP contribution is 2.30. The summed E-state index contributed by atoms with van der Waals surface area (Å²) in [6.45, 7) is 4.19. The number of fused-ring (bicyclic) bond motifs is 1. The number of nitrogens with one attached hydrogen (secondary N) is 1. The van der Waals surface area contributed by atoms with E-state index in [2.05, 4.69) is 18.0 Å². The van der Waals surface area contributed by atoms with E-state index in [4.69, 9.17) is 9.47 Å². The number of aryl methyl sites for hydroxylation is 1. The van der Waals surface area contributed by atoms with Crippen molar-refractivity contribution >= 4 is 17.0 Å². The molecule has 2 rings (SSSR count). The fourth-order valence-corrected chi connectivity index (χ4v) is 3.55. The molecule has 28 heavy (non-hydrogen) atoms. The van der Waals surface area contributed by atoms with E-state index in [-0.39, 0.29) is 5.43 Å². The van der Waals surface area contributed by atoms with Crippen molar-refractivity contribution in [3.63, 3.8) is 0 Å². The average Bonchev–Trinajstić information content (AvgIpc) is 2.70. The highest BCUT2D eigenvalue weighted by Gasteiger charge is 2.12. The third-order valence-corrected chi connectivity index (χ3v) is 5.25. The third-order valence-electron chi connectivity index (χ3n) is 5.25. The van der Waals surface area contributed by atoms with Gasteiger partial charge in [0.15, 0.2) is 16.9 Å². The smallest absolute Gasteiger partial charge is 0.196 e. The third kappa shape index (κ3) is 5.88. The van der Waals surface area contributed by atoms with Crippen LogP contribution in [0.2, 0.25) is 0 Å². The number of aromatic amines is 1. The number of ether oxygens (including phenoxy) is 2. The van der Waals surface area contributed by atoms with Crippen molar-refractivity contribution in [2.75, 3.05) is 14.2 Å². The Balaban J connectivity index is 1.99. The van der Waals surface area contributed by atoms with Gasteiger partial charge in [0.2, 0.25) is 0 Å². The van der Waals surface area contributed by atoms with E-state index in [9.17, 15) is 4.79 Å². The topological polar surface area (TPSA) is 51.3 Å². The molecule has 0 saturated carbocycles. The molecule has 1 aromatic heterocycles. The van der Waals surface area contributed by atoms with Gasteiger partial charge in [0.25, 0.3) is 0 Å². The SMILES string of the molecule is CCCCCCCCCC/C=C/c1c(C)[nH]c2cc(OC)c(OC)cc2c1=O. The summed E-state index contributed by atoms with van der Waals surface area (Å²) in [6.07, 6.45) is 15.6. The lowest BCUT2D eigenvalue weighted by molar-refractivity contribution is 0.355. The van der Waals surface area contributed by atoms with Crippen molar-refractivity contribution in [1.29, 1.82) is 0 Å². The number of methoxy groups -OCH3 is 2. The molecule has 1 heterocycles. The van der Waals surface area contributed by atoms with E-state index >= 15 is 0 Å². The van der Waals surface area contributed by atoms with Crippen molar-refractivity contribution < 1.29 is 9.47 Å². The number of H-pyrrole nitrogens is 1. The van der Waals surface area contributed by atoms with Crippen LogP contribution >= 0.6 is 0 Å². The number of pyridine rings is 1. The summed E-state index contributed by atoms with van der Waals surface area (Å²) in [5.74, 6) is 1.18. The fourth-order valence-electron chi connectivity index (χ4n) is 3.55. The van der Waals surface area contributed by atoms with Crippen LogP contribution < -0.4 is 14.9 Å². The Hall–Kier alpha value is -2.23. The lowest BCUT2D eigenvalue weighted by Crippen LogP contribution is -2.10. The number of aromatic nitrogens is 1. The molecule has 1 aromatic carbocycles. The standard InChI is InChI=1S/C24H35NO3/c1-5-6-7-8-9-10-11-12-13-14-15-19-18(2)25-21-17-23(28-4)22(27-3)16-20(21)24(19)26/h14-17H,5-13H2,1-4H3,(H,25,26)/b15-14+. The van der Waals surface area contributed by atoms with Crippen molar-refractivity contribution in [3.05, 3.63) is 39.7 Å². The zero-order chi connectivity index (χ0) is 20.4. The molecule has 0 aliphatic heterocycles. The maximum absolute atomic E-state index is 12.9. The molecule has 0 amide bonds. The van der Waals surface area contributed by atoms with Gasteiger partial charge in [-0.15, -0.1) is 0 Å². The minimum absolute atomic E-state index is 0.0272. The van der Waals surface area contributed by atoms with Crippen molar-refractivity contribution in [1.82, 2.24) is 4.98 Å². The molecule has 4 nitrogen and oxygen atoms in total. The van der Waals surface area contributed by atoms with E-state index in [0.29, 0.717) is 16.9 Å². The summed E-state index contributed by atoms with van der Waals surface area (Å²) >= 11 is 0.